The molecular formula is C14H10N4O. The van der Waals surface area contributed by atoms with Crippen LogP contribution in [0, 0.1) is 18.3 Å². The summed E-state index contributed by atoms with van der Waals surface area (Å²) in [5, 5.41) is 9.35. The van der Waals surface area contributed by atoms with Gasteiger partial charge >= 0.3 is 0 Å². The molecular weight excluding hydrogens is 240 g/mol. The first-order chi connectivity index (χ1) is 9.28. The Balaban J connectivity index is 2.09. The van der Waals surface area contributed by atoms with Gasteiger partial charge in [-0.2, -0.15) is 5.26 Å². The summed E-state index contributed by atoms with van der Waals surface area (Å²) in [4.78, 5) is 12.5. The van der Waals surface area contributed by atoms with Crippen LogP contribution in [0.2, 0.25) is 0 Å². The highest BCUT2D eigenvalue weighted by Crippen LogP contribution is 2.25. The zero-order valence-electron chi connectivity index (χ0n) is 10.2. The first-order valence-electron chi connectivity index (χ1n) is 5.80. The summed E-state index contributed by atoms with van der Waals surface area (Å²) in [6.45, 7) is 1.80. The van der Waals surface area contributed by atoms with E-state index in [0.29, 0.717) is 11.6 Å². The molecule has 5 nitrogen and oxygen atoms in total. The van der Waals surface area contributed by atoms with Gasteiger partial charge in [-0.25, -0.2) is 4.98 Å². The van der Waals surface area contributed by atoms with Gasteiger partial charge in [0.2, 0.25) is 0 Å². The molecule has 92 valence electrons. The molecule has 1 aromatic carbocycles. The number of nitriles is 1. The van der Waals surface area contributed by atoms with Crippen LogP contribution >= 0.6 is 0 Å². The molecule has 0 spiro atoms. The van der Waals surface area contributed by atoms with Gasteiger partial charge in [-0.15, -0.1) is 0 Å². The van der Waals surface area contributed by atoms with Crippen LogP contribution in [-0.4, -0.2) is 15.0 Å². The quantitative estimate of drug-likeness (QED) is 0.698. The van der Waals surface area contributed by atoms with Gasteiger partial charge in [0.15, 0.2) is 11.5 Å². The van der Waals surface area contributed by atoms with Gasteiger partial charge in [0.25, 0.3) is 0 Å². The number of aryl methyl sites for hydroxylation is 1. The fourth-order valence-corrected chi connectivity index (χ4v) is 2.01. The Morgan fingerprint density at radius 2 is 2.21 bits per heavy atom. The average molecular weight is 250 g/mol. The molecule has 0 aliphatic heterocycles. The monoisotopic (exact) mass is 250 g/mol. The minimum atomic E-state index is -0.449. The Kier molecular flexibility index (Phi) is 2.69. The molecule has 0 bridgehead atoms. The van der Waals surface area contributed by atoms with Crippen LogP contribution in [0.15, 0.2) is 41.2 Å². The van der Waals surface area contributed by atoms with Crippen molar-refractivity contribution in [3.05, 3.63) is 53.9 Å². The Labute approximate surface area is 109 Å². The number of hydrogen-bond donors (Lipinski definition) is 0. The minimum Gasteiger partial charge on any atom is -0.441 e. The molecule has 5 heteroatoms. The van der Waals surface area contributed by atoms with Crippen LogP contribution < -0.4 is 0 Å². The first kappa shape index (κ1) is 11.4. The molecule has 0 saturated carbocycles. The Morgan fingerprint density at radius 1 is 1.32 bits per heavy atom. The maximum Gasteiger partial charge on any atom is 0.192 e. The largest absolute Gasteiger partial charge is 0.441 e. The Morgan fingerprint density at radius 3 is 2.95 bits per heavy atom. The second-order valence-electron chi connectivity index (χ2n) is 4.15. The topological polar surface area (TPSA) is 75.6 Å². The molecule has 3 aromatic rings. The Hall–Kier alpha value is -2.74. The summed E-state index contributed by atoms with van der Waals surface area (Å²) in [7, 11) is 0. The lowest BCUT2D eigenvalue weighted by Crippen LogP contribution is -2.01. The number of benzene rings is 1. The number of fused-ring (bicyclic) bond motifs is 1. The summed E-state index contributed by atoms with van der Waals surface area (Å²) >= 11 is 0. The van der Waals surface area contributed by atoms with E-state index in [0.717, 1.165) is 16.7 Å². The summed E-state index contributed by atoms with van der Waals surface area (Å²) in [6.07, 6.45) is 4.77. The summed E-state index contributed by atoms with van der Waals surface area (Å²) in [5.41, 5.74) is 2.93. The molecule has 0 amide bonds. The highest BCUT2D eigenvalue weighted by atomic mass is 16.3. The van der Waals surface area contributed by atoms with Crippen molar-refractivity contribution in [2.75, 3.05) is 0 Å². The van der Waals surface area contributed by atoms with E-state index < -0.39 is 5.92 Å². The minimum absolute atomic E-state index is 0.449. The number of aromatic nitrogens is 3. The zero-order chi connectivity index (χ0) is 13.2. The van der Waals surface area contributed by atoms with Crippen LogP contribution in [0.1, 0.15) is 23.1 Å². The van der Waals surface area contributed by atoms with Crippen molar-refractivity contribution in [3.63, 3.8) is 0 Å². The molecule has 1 atom stereocenters. The van der Waals surface area contributed by atoms with Crippen molar-refractivity contribution in [3.8, 4) is 6.07 Å². The standard InChI is InChI=1S/C14H10N4O/c1-9-18-12-6-10(2-3-14(12)19-9)11(7-15)13-8-16-4-5-17-13/h2-6,8,11H,1H3. The van der Waals surface area contributed by atoms with Crippen LogP contribution in [0.3, 0.4) is 0 Å². The van der Waals surface area contributed by atoms with Crippen molar-refractivity contribution in [2.45, 2.75) is 12.8 Å². The number of rotatable bonds is 2. The summed E-state index contributed by atoms with van der Waals surface area (Å²) in [6, 6.07) is 7.78. The van der Waals surface area contributed by atoms with Crippen molar-refractivity contribution in [1.82, 2.24) is 15.0 Å². The van der Waals surface area contributed by atoms with Gasteiger partial charge in [-0.1, -0.05) is 6.07 Å². The SMILES string of the molecule is Cc1nc2cc(C(C#N)c3cnccn3)ccc2o1. The third-order valence-corrected chi connectivity index (χ3v) is 2.86. The normalized spacial score (nSPS) is 12.2. The predicted molar refractivity (Wildman–Crippen MR) is 68.2 cm³/mol. The van der Waals surface area contributed by atoms with E-state index >= 15 is 0 Å². The lowest BCUT2D eigenvalue weighted by molar-refractivity contribution is 0.561. The van der Waals surface area contributed by atoms with Crippen LogP contribution in [0.4, 0.5) is 0 Å². The van der Waals surface area contributed by atoms with Crippen molar-refractivity contribution in [1.29, 1.82) is 5.26 Å². The van der Waals surface area contributed by atoms with Crippen molar-refractivity contribution < 1.29 is 4.42 Å². The lowest BCUT2D eigenvalue weighted by atomic mass is 9.97. The van der Waals surface area contributed by atoms with E-state index in [1.807, 2.05) is 18.2 Å². The zero-order valence-corrected chi connectivity index (χ0v) is 10.2. The van der Waals surface area contributed by atoms with Crippen molar-refractivity contribution in [2.24, 2.45) is 0 Å². The molecule has 1 unspecified atom stereocenters. The number of oxazole rings is 1. The van der Waals surface area contributed by atoms with E-state index in [9.17, 15) is 5.26 Å². The number of nitrogens with zero attached hydrogens (tertiary/aromatic N) is 4. The van der Waals surface area contributed by atoms with E-state index in [2.05, 4.69) is 21.0 Å². The lowest BCUT2D eigenvalue weighted by Gasteiger charge is -2.07. The molecule has 0 aliphatic rings. The summed E-state index contributed by atoms with van der Waals surface area (Å²) < 4.78 is 5.42. The fourth-order valence-electron chi connectivity index (χ4n) is 2.01. The first-order valence-corrected chi connectivity index (χ1v) is 5.80. The van der Waals surface area contributed by atoms with Gasteiger partial charge in [-0.05, 0) is 17.7 Å². The van der Waals surface area contributed by atoms with Crippen LogP contribution in [-0.2, 0) is 0 Å². The smallest absolute Gasteiger partial charge is 0.192 e. The van der Waals surface area contributed by atoms with E-state index in [1.54, 1.807) is 25.5 Å². The maximum atomic E-state index is 9.35. The van der Waals surface area contributed by atoms with Crippen molar-refractivity contribution >= 4 is 11.1 Å². The fraction of sp³-hybridized carbons (Fsp3) is 0.143. The molecule has 2 heterocycles. The highest BCUT2D eigenvalue weighted by Gasteiger charge is 2.16. The maximum absolute atomic E-state index is 9.35. The second kappa shape index (κ2) is 4.50. The highest BCUT2D eigenvalue weighted by molar-refractivity contribution is 5.74. The molecule has 2 aromatic heterocycles. The molecule has 0 aliphatic carbocycles. The molecule has 0 radical (unpaired) electrons. The molecule has 0 fully saturated rings. The number of hydrogen-bond acceptors (Lipinski definition) is 5. The van der Waals surface area contributed by atoms with Crippen LogP contribution in [0.25, 0.3) is 11.1 Å². The predicted octanol–water partition coefficient (Wildman–Crippen LogP) is 2.58. The Bertz CT molecular complexity index is 758. The third kappa shape index (κ3) is 2.04. The van der Waals surface area contributed by atoms with Crippen LogP contribution in [0.5, 0.6) is 0 Å². The average Bonchev–Trinajstić information content (AvgIpc) is 2.80. The van der Waals surface area contributed by atoms with E-state index in [4.69, 9.17) is 4.42 Å². The van der Waals surface area contributed by atoms with E-state index in [1.165, 1.54) is 0 Å². The van der Waals surface area contributed by atoms with Gasteiger partial charge in [0.05, 0.1) is 18.0 Å². The molecule has 0 saturated heterocycles. The molecule has 19 heavy (non-hydrogen) atoms. The van der Waals surface area contributed by atoms with Gasteiger partial charge < -0.3 is 4.42 Å². The molecule has 3 rings (SSSR count). The van der Waals surface area contributed by atoms with Gasteiger partial charge in [0.1, 0.15) is 11.4 Å². The second-order valence-corrected chi connectivity index (χ2v) is 4.15. The van der Waals surface area contributed by atoms with Gasteiger partial charge in [0, 0.05) is 19.3 Å². The third-order valence-electron chi connectivity index (χ3n) is 2.86. The van der Waals surface area contributed by atoms with E-state index in [-0.39, 0.29) is 0 Å². The summed E-state index contributed by atoms with van der Waals surface area (Å²) in [5.74, 6) is 0.162. The van der Waals surface area contributed by atoms with Gasteiger partial charge in [-0.3, -0.25) is 9.97 Å². The molecule has 0 N–H and O–H groups in total.